The third-order valence-electron chi connectivity index (χ3n) is 6.29. The zero-order valence-electron chi connectivity index (χ0n) is 20.5. The number of esters is 1. The number of nitrogens with zero attached hydrogens (tertiary/aromatic N) is 1. The van der Waals surface area contributed by atoms with Crippen LogP contribution in [0.25, 0.3) is 33.1 Å². The predicted octanol–water partition coefficient (Wildman–Crippen LogP) is 4.91. The quantitative estimate of drug-likeness (QED) is 0.239. The van der Waals surface area contributed by atoms with E-state index in [4.69, 9.17) is 9.72 Å². The van der Waals surface area contributed by atoms with Crippen LogP contribution < -0.4 is 10.6 Å². The zero-order chi connectivity index (χ0) is 25.9. The van der Waals surface area contributed by atoms with Gasteiger partial charge in [-0.1, -0.05) is 36.4 Å². The van der Waals surface area contributed by atoms with Crippen LogP contribution in [0.5, 0.6) is 5.88 Å². The molecule has 0 unspecified atom stereocenters. The first-order valence-corrected chi connectivity index (χ1v) is 11.8. The summed E-state index contributed by atoms with van der Waals surface area (Å²) in [6.07, 6.45) is 0. The molecule has 186 valence electrons. The summed E-state index contributed by atoms with van der Waals surface area (Å²) < 4.78 is 4.77. The molecule has 0 aliphatic carbocycles. The number of fused-ring (bicyclic) bond motifs is 2. The molecule has 5 aromatic rings. The van der Waals surface area contributed by atoms with Gasteiger partial charge >= 0.3 is 5.97 Å². The topological polar surface area (TPSA) is 116 Å². The molecule has 0 saturated carbocycles. The summed E-state index contributed by atoms with van der Waals surface area (Å²) in [6, 6.07) is 22.3. The van der Waals surface area contributed by atoms with Gasteiger partial charge in [-0.3, -0.25) is 4.79 Å². The number of rotatable bonds is 7. The Kier molecular flexibility index (Phi) is 6.57. The summed E-state index contributed by atoms with van der Waals surface area (Å²) in [7, 11) is 1.32. The molecule has 1 amide bonds. The molecule has 0 radical (unpaired) electrons. The molecule has 0 saturated heterocycles. The molecule has 8 nitrogen and oxygen atoms in total. The van der Waals surface area contributed by atoms with E-state index in [0.29, 0.717) is 40.1 Å². The number of nitrogens with one attached hydrogen (secondary N) is 3. The van der Waals surface area contributed by atoms with Crippen molar-refractivity contribution in [2.75, 3.05) is 19.0 Å². The molecule has 0 spiro atoms. The maximum Gasteiger partial charge on any atom is 0.337 e. The van der Waals surface area contributed by atoms with Gasteiger partial charge < -0.3 is 25.5 Å². The van der Waals surface area contributed by atoms with Gasteiger partial charge in [0.05, 0.1) is 36.0 Å². The molecule has 0 bridgehead atoms. The van der Waals surface area contributed by atoms with E-state index >= 15 is 0 Å². The summed E-state index contributed by atoms with van der Waals surface area (Å²) >= 11 is 0. The van der Waals surface area contributed by atoms with Crippen molar-refractivity contribution in [3.63, 3.8) is 0 Å². The van der Waals surface area contributed by atoms with Gasteiger partial charge in [0, 0.05) is 28.5 Å². The van der Waals surface area contributed by atoms with Crippen molar-refractivity contribution >= 4 is 39.4 Å². The highest BCUT2D eigenvalue weighted by molar-refractivity contribution is 6.03. The van der Waals surface area contributed by atoms with Crippen molar-refractivity contribution in [1.29, 1.82) is 0 Å². The maximum atomic E-state index is 12.4. The first-order valence-electron chi connectivity index (χ1n) is 11.8. The fraction of sp³-hybridized carbons (Fsp3) is 0.138. The Morgan fingerprint density at radius 1 is 1.03 bits per heavy atom. The smallest absolute Gasteiger partial charge is 0.337 e. The van der Waals surface area contributed by atoms with Crippen LogP contribution in [0.1, 0.15) is 21.5 Å². The van der Waals surface area contributed by atoms with E-state index in [1.807, 2.05) is 55.5 Å². The Labute approximate surface area is 213 Å². The molecule has 0 aliphatic rings. The number of benzene rings is 3. The summed E-state index contributed by atoms with van der Waals surface area (Å²) in [6.45, 7) is 2.86. The van der Waals surface area contributed by atoms with E-state index < -0.39 is 5.97 Å². The molecule has 2 aromatic heterocycles. The van der Waals surface area contributed by atoms with Crippen LogP contribution in [0.2, 0.25) is 0 Å². The SMILES string of the molecule is COC(=O)c1ccc2c(-c3ccc4cc(NC(=O)CNCc5ccccc5C)ccc4n3)c(O)[nH]c2c1. The lowest BCUT2D eigenvalue weighted by Gasteiger charge is -2.10. The lowest BCUT2D eigenvalue weighted by molar-refractivity contribution is -0.115. The molecule has 8 heteroatoms. The fourth-order valence-electron chi connectivity index (χ4n) is 4.35. The third-order valence-corrected chi connectivity index (χ3v) is 6.29. The van der Waals surface area contributed by atoms with E-state index in [1.54, 1.807) is 24.3 Å². The van der Waals surface area contributed by atoms with Gasteiger partial charge in [-0.15, -0.1) is 0 Å². The van der Waals surface area contributed by atoms with Crippen LogP contribution in [-0.4, -0.2) is 40.6 Å². The van der Waals surface area contributed by atoms with Crippen molar-refractivity contribution in [3.8, 4) is 17.1 Å². The van der Waals surface area contributed by atoms with Gasteiger partial charge in [0.25, 0.3) is 0 Å². The van der Waals surface area contributed by atoms with Gasteiger partial charge in [-0.25, -0.2) is 9.78 Å². The minimum Gasteiger partial charge on any atom is -0.494 e. The second kappa shape index (κ2) is 10.1. The van der Waals surface area contributed by atoms with Crippen LogP contribution in [0.4, 0.5) is 5.69 Å². The van der Waals surface area contributed by atoms with E-state index in [1.165, 1.54) is 12.7 Å². The molecule has 37 heavy (non-hydrogen) atoms. The largest absolute Gasteiger partial charge is 0.494 e. The normalized spacial score (nSPS) is 11.1. The molecular formula is C29H26N4O4. The number of ether oxygens (including phenoxy) is 1. The summed E-state index contributed by atoms with van der Waals surface area (Å²) in [5.41, 5.74) is 5.85. The molecule has 3 aromatic carbocycles. The van der Waals surface area contributed by atoms with Crippen LogP contribution in [0, 0.1) is 6.92 Å². The molecule has 4 N–H and O–H groups in total. The van der Waals surface area contributed by atoms with Crippen molar-refractivity contribution in [2.45, 2.75) is 13.5 Å². The van der Waals surface area contributed by atoms with Crippen molar-refractivity contribution in [2.24, 2.45) is 0 Å². The molecular weight excluding hydrogens is 468 g/mol. The van der Waals surface area contributed by atoms with Crippen molar-refractivity contribution < 1.29 is 19.4 Å². The highest BCUT2D eigenvalue weighted by Gasteiger charge is 2.17. The Bertz CT molecular complexity index is 1640. The van der Waals surface area contributed by atoms with Crippen LogP contribution in [0.3, 0.4) is 0 Å². The number of H-pyrrole nitrogens is 1. The number of carbonyl (C=O) groups is 2. The highest BCUT2D eigenvalue weighted by atomic mass is 16.5. The number of aromatic amines is 1. The minimum atomic E-state index is -0.452. The van der Waals surface area contributed by atoms with E-state index in [9.17, 15) is 14.7 Å². The highest BCUT2D eigenvalue weighted by Crippen LogP contribution is 2.37. The van der Waals surface area contributed by atoms with Gasteiger partial charge in [0.15, 0.2) is 5.88 Å². The van der Waals surface area contributed by atoms with Gasteiger partial charge in [-0.2, -0.15) is 0 Å². The van der Waals surface area contributed by atoms with Gasteiger partial charge in [0.1, 0.15) is 0 Å². The van der Waals surface area contributed by atoms with E-state index in [2.05, 4.69) is 15.6 Å². The molecule has 2 heterocycles. The van der Waals surface area contributed by atoms with Crippen LogP contribution >= 0.6 is 0 Å². The average Bonchev–Trinajstić information content (AvgIpc) is 3.23. The Morgan fingerprint density at radius 2 is 1.86 bits per heavy atom. The first kappa shape index (κ1) is 24.0. The van der Waals surface area contributed by atoms with E-state index in [0.717, 1.165) is 16.3 Å². The van der Waals surface area contributed by atoms with Crippen molar-refractivity contribution in [3.05, 3.63) is 89.5 Å². The third kappa shape index (κ3) is 5.00. The Morgan fingerprint density at radius 3 is 2.68 bits per heavy atom. The summed E-state index contributed by atoms with van der Waals surface area (Å²) in [5, 5.41) is 18.3. The second-order valence-electron chi connectivity index (χ2n) is 8.78. The fourth-order valence-corrected chi connectivity index (χ4v) is 4.35. The lowest BCUT2D eigenvalue weighted by Crippen LogP contribution is -2.27. The Hall–Kier alpha value is -4.69. The second-order valence-corrected chi connectivity index (χ2v) is 8.78. The number of pyridine rings is 1. The molecule has 0 aliphatic heterocycles. The summed E-state index contributed by atoms with van der Waals surface area (Å²) in [5.74, 6) is -0.621. The number of hydrogen-bond acceptors (Lipinski definition) is 6. The lowest BCUT2D eigenvalue weighted by atomic mass is 10.1. The zero-order valence-corrected chi connectivity index (χ0v) is 20.5. The standard InChI is InChI=1S/C29H26N4O4/c1-17-5-3-4-6-20(17)15-30-16-26(34)31-21-9-12-23-18(13-21)8-11-24(32-23)27-22-10-7-19(29(36)37-2)14-25(22)33-28(27)35/h3-14,30,33,35H,15-16H2,1-2H3,(H,31,34). The number of aromatic nitrogens is 2. The Balaban J connectivity index is 1.31. The number of carbonyl (C=O) groups excluding carboxylic acids is 2. The van der Waals surface area contributed by atoms with Gasteiger partial charge in [-0.05, 0) is 54.4 Å². The number of hydrogen-bond donors (Lipinski definition) is 4. The maximum absolute atomic E-state index is 12.4. The first-order chi connectivity index (χ1) is 17.9. The number of anilines is 1. The molecule has 0 fully saturated rings. The number of aryl methyl sites for hydroxylation is 1. The molecule has 5 rings (SSSR count). The monoisotopic (exact) mass is 494 g/mol. The number of amides is 1. The average molecular weight is 495 g/mol. The van der Waals surface area contributed by atoms with Crippen molar-refractivity contribution in [1.82, 2.24) is 15.3 Å². The van der Waals surface area contributed by atoms with Crippen LogP contribution in [-0.2, 0) is 16.1 Å². The minimum absolute atomic E-state index is 0.0362. The number of aromatic hydroxyl groups is 1. The number of methoxy groups -OCH3 is 1. The predicted molar refractivity (Wildman–Crippen MR) is 144 cm³/mol. The van der Waals surface area contributed by atoms with Gasteiger partial charge in [0.2, 0.25) is 5.91 Å². The van der Waals surface area contributed by atoms with Crippen LogP contribution in [0.15, 0.2) is 72.8 Å². The summed E-state index contributed by atoms with van der Waals surface area (Å²) in [4.78, 5) is 31.9. The van der Waals surface area contributed by atoms with E-state index in [-0.39, 0.29) is 18.3 Å². The molecule has 0 atom stereocenters.